The van der Waals surface area contributed by atoms with Gasteiger partial charge in [0.25, 0.3) is 0 Å². The van der Waals surface area contributed by atoms with Gasteiger partial charge in [-0.2, -0.15) is 0 Å². The summed E-state index contributed by atoms with van der Waals surface area (Å²) in [5.74, 6) is -0.680. The standard InChI is InChI=1S/C7H9NO3S/c1-4-8-5(3-12-4)6(9)7(10)11-2/h3,6,9H,1-2H3. The summed E-state index contributed by atoms with van der Waals surface area (Å²) in [5, 5.41) is 11.7. The van der Waals surface area contributed by atoms with E-state index in [0.29, 0.717) is 5.69 Å². The van der Waals surface area contributed by atoms with E-state index in [1.54, 1.807) is 12.3 Å². The van der Waals surface area contributed by atoms with Gasteiger partial charge in [-0.1, -0.05) is 0 Å². The predicted octanol–water partition coefficient (Wildman–Crippen LogP) is 0.658. The molecule has 1 N–H and O–H groups in total. The number of aliphatic hydroxyl groups is 1. The number of aliphatic hydroxyl groups excluding tert-OH is 1. The molecule has 5 heteroatoms. The molecule has 0 aromatic carbocycles. The van der Waals surface area contributed by atoms with Crippen LogP contribution in [0.2, 0.25) is 0 Å². The number of aryl methyl sites for hydroxylation is 1. The van der Waals surface area contributed by atoms with Crippen molar-refractivity contribution in [1.29, 1.82) is 0 Å². The Bertz CT molecular complexity index is 284. The summed E-state index contributed by atoms with van der Waals surface area (Å²) in [6.45, 7) is 1.80. The van der Waals surface area contributed by atoms with Crippen molar-refractivity contribution in [2.24, 2.45) is 0 Å². The summed E-state index contributed by atoms with van der Waals surface area (Å²) in [5.41, 5.74) is 0.351. The van der Waals surface area contributed by atoms with Crippen molar-refractivity contribution in [1.82, 2.24) is 4.98 Å². The number of rotatable bonds is 2. The molecule has 1 aromatic rings. The lowest BCUT2D eigenvalue weighted by atomic mass is 10.3. The third-order valence-electron chi connectivity index (χ3n) is 1.34. The topological polar surface area (TPSA) is 59.4 Å². The van der Waals surface area contributed by atoms with Crippen molar-refractivity contribution in [2.75, 3.05) is 7.11 Å². The number of carbonyl (C=O) groups is 1. The Morgan fingerprint density at radius 3 is 2.92 bits per heavy atom. The molecular weight excluding hydrogens is 178 g/mol. The second kappa shape index (κ2) is 3.64. The highest BCUT2D eigenvalue weighted by Gasteiger charge is 2.19. The van der Waals surface area contributed by atoms with Crippen LogP contribution in [0, 0.1) is 6.92 Å². The van der Waals surface area contributed by atoms with Gasteiger partial charge in [-0.05, 0) is 6.92 Å². The molecule has 4 nitrogen and oxygen atoms in total. The van der Waals surface area contributed by atoms with Gasteiger partial charge in [-0.25, -0.2) is 9.78 Å². The molecule has 0 spiro atoms. The Balaban J connectivity index is 2.77. The Hall–Kier alpha value is -0.940. The highest BCUT2D eigenvalue weighted by Crippen LogP contribution is 2.16. The summed E-state index contributed by atoms with van der Waals surface area (Å²) in [4.78, 5) is 14.8. The van der Waals surface area contributed by atoms with Crippen LogP contribution in [0.15, 0.2) is 5.38 Å². The van der Waals surface area contributed by atoms with E-state index < -0.39 is 12.1 Å². The van der Waals surface area contributed by atoms with E-state index in [2.05, 4.69) is 9.72 Å². The third kappa shape index (κ3) is 1.80. The van der Waals surface area contributed by atoms with Gasteiger partial charge in [0.15, 0.2) is 6.10 Å². The Kier molecular flexibility index (Phi) is 2.78. The number of methoxy groups -OCH3 is 1. The van der Waals surface area contributed by atoms with Crippen LogP contribution in [-0.2, 0) is 9.53 Å². The monoisotopic (exact) mass is 187 g/mol. The van der Waals surface area contributed by atoms with Crippen LogP contribution in [0.5, 0.6) is 0 Å². The molecule has 0 aliphatic rings. The first-order valence-electron chi connectivity index (χ1n) is 3.33. The van der Waals surface area contributed by atoms with E-state index in [0.717, 1.165) is 5.01 Å². The number of carbonyl (C=O) groups excluding carboxylic acids is 1. The molecule has 1 atom stereocenters. The van der Waals surface area contributed by atoms with E-state index >= 15 is 0 Å². The summed E-state index contributed by atoms with van der Waals surface area (Å²) in [7, 11) is 1.23. The minimum atomic E-state index is -1.25. The second-order valence-electron chi connectivity index (χ2n) is 2.22. The fraction of sp³-hybridized carbons (Fsp3) is 0.429. The zero-order valence-corrected chi connectivity index (χ0v) is 7.59. The number of esters is 1. The molecule has 0 radical (unpaired) electrons. The lowest BCUT2D eigenvalue weighted by Gasteiger charge is -2.03. The van der Waals surface area contributed by atoms with Gasteiger partial charge in [0.2, 0.25) is 0 Å². The predicted molar refractivity (Wildman–Crippen MR) is 43.8 cm³/mol. The lowest BCUT2D eigenvalue weighted by molar-refractivity contribution is -0.150. The van der Waals surface area contributed by atoms with Crippen molar-refractivity contribution >= 4 is 17.3 Å². The van der Waals surface area contributed by atoms with E-state index in [1.807, 2.05) is 0 Å². The van der Waals surface area contributed by atoms with Crippen LogP contribution in [0.1, 0.15) is 16.8 Å². The Morgan fingerprint density at radius 1 is 1.83 bits per heavy atom. The van der Waals surface area contributed by atoms with Gasteiger partial charge >= 0.3 is 5.97 Å². The normalized spacial score (nSPS) is 12.6. The van der Waals surface area contributed by atoms with Gasteiger partial charge < -0.3 is 9.84 Å². The maximum atomic E-state index is 10.8. The molecule has 0 aliphatic carbocycles. The van der Waals surface area contributed by atoms with Crippen LogP contribution in [-0.4, -0.2) is 23.2 Å². The van der Waals surface area contributed by atoms with Gasteiger partial charge in [-0.3, -0.25) is 0 Å². The van der Waals surface area contributed by atoms with E-state index in [1.165, 1.54) is 18.4 Å². The molecule has 0 amide bonds. The van der Waals surface area contributed by atoms with Crippen molar-refractivity contribution in [3.05, 3.63) is 16.1 Å². The fourth-order valence-corrected chi connectivity index (χ4v) is 1.37. The Morgan fingerprint density at radius 2 is 2.50 bits per heavy atom. The van der Waals surface area contributed by atoms with Crippen LogP contribution in [0.3, 0.4) is 0 Å². The van der Waals surface area contributed by atoms with Crippen molar-refractivity contribution in [3.8, 4) is 0 Å². The molecule has 1 unspecified atom stereocenters. The minimum Gasteiger partial charge on any atom is -0.467 e. The maximum Gasteiger partial charge on any atom is 0.341 e. The van der Waals surface area contributed by atoms with Crippen molar-refractivity contribution in [2.45, 2.75) is 13.0 Å². The first-order valence-corrected chi connectivity index (χ1v) is 4.21. The third-order valence-corrected chi connectivity index (χ3v) is 2.13. The SMILES string of the molecule is COC(=O)C(O)c1csc(C)n1. The molecule has 12 heavy (non-hydrogen) atoms. The molecule has 1 aromatic heterocycles. The summed E-state index contributed by atoms with van der Waals surface area (Å²) in [6, 6.07) is 0. The maximum absolute atomic E-state index is 10.8. The first-order chi connectivity index (χ1) is 5.65. The number of hydrogen-bond acceptors (Lipinski definition) is 5. The van der Waals surface area contributed by atoms with Crippen LogP contribution >= 0.6 is 11.3 Å². The van der Waals surface area contributed by atoms with Crippen LogP contribution < -0.4 is 0 Å². The van der Waals surface area contributed by atoms with E-state index in [-0.39, 0.29) is 0 Å². The molecule has 0 bridgehead atoms. The number of nitrogens with zero attached hydrogens (tertiary/aromatic N) is 1. The lowest BCUT2D eigenvalue weighted by Crippen LogP contribution is -2.13. The van der Waals surface area contributed by atoms with E-state index in [4.69, 9.17) is 0 Å². The zero-order valence-electron chi connectivity index (χ0n) is 6.77. The quantitative estimate of drug-likeness (QED) is 0.691. The molecule has 66 valence electrons. The largest absolute Gasteiger partial charge is 0.467 e. The number of hydrogen-bond donors (Lipinski definition) is 1. The molecule has 1 rings (SSSR count). The Labute approximate surface area is 73.8 Å². The molecular formula is C7H9NO3S. The van der Waals surface area contributed by atoms with Crippen LogP contribution in [0.25, 0.3) is 0 Å². The fourth-order valence-electron chi connectivity index (χ4n) is 0.738. The van der Waals surface area contributed by atoms with E-state index in [9.17, 15) is 9.90 Å². The summed E-state index contributed by atoms with van der Waals surface area (Å²) in [6.07, 6.45) is -1.25. The first kappa shape index (κ1) is 9.15. The molecule has 1 heterocycles. The molecule has 0 saturated carbocycles. The van der Waals surface area contributed by atoms with Gasteiger partial charge in [-0.15, -0.1) is 11.3 Å². The highest BCUT2D eigenvalue weighted by molar-refractivity contribution is 7.09. The zero-order chi connectivity index (χ0) is 9.14. The van der Waals surface area contributed by atoms with Gasteiger partial charge in [0.05, 0.1) is 17.8 Å². The minimum absolute atomic E-state index is 0.351. The number of thiazole rings is 1. The van der Waals surface area contributed by atoms with Crippen molar-refractivity contribution in [3.63, 3.8) is 0 Å². The van der Waals surface area contributed by atoms with Crippen LogP contribution in [0.4, 0.5) is 0 Å². The summed E-state index contributed by atoms with van der Waals surface area (Å²) >= 11 is 1.38. The smallest absolute Gasteiger partial charge is 0.341 e. The highest BCUT2D eigenvalue weighted by atomic mass is 32.1. The molecule has 0 fully saturated rings. The number of ether oxygens (including phenoxy) is 1. The molecule has 0 saturated heterocycles. The number of aromatic nitrogens is 1. The van der Waals surface area contributed by atoms with Crippen molar-refractivity contribution < 1.29 is 14.6 Å². The summed E-state index contributed by atoms with van der Waals surface area (Å²) < 4.78 is 4.35. The van der Waals surface area contributed by atoms with Gasteiger partial charge in [0.1, 0.15) is 0 Å². The average molecular weight is 187 g/mol. The molecule has 0 aliphatic heterocycles. The second-order valence-corrected chi connectivity index (χ2v) is 3.28. The average Bonchev–Trinajstić information content (AvgIpc) is 2.49. The van der Waals surface area contributed by atoms with Gasteiger partial charge in [0, 0.05) is 5.38 Å².